The fourth-order valence-corrected chi connectivity index (χ4v) is 6.23. The number of carbonyl (C=O) groups excluding carboxylic acids is 2. The molecule has 2 N–H and O–H groups in total. The molecule has 2 amide bonds. The van der Waals surface area contributed by atoms with Gasteiger partial charge in [0, 0.05) is 35.8 Å². The molecule has 0 saturated carbocycles. The highest BCUT2D eigenvalue weighted by atomic mass is 35.5. The molecule has 190 valence electrons. The number of rotatable bonds is 8. The first-order chi connectivity index (χ1) is 18.0. The number of thioether (sulfide) groups is 1. The number of carbonyl (C=O) groups is 2. The fourth-order valence-electron chi connectivity index (χ4n) is 4.29. The number of piperidine rings is 1. The number of aromatic nitrogens is 4. The van der Waals surface area contributed by atoms with E-state index >= 15 is 0 Å². The number of nitrogens with two attached hydrogens (primary N) is 1. The summed E-state index contributed by atoms with van der Waals surface area (Å²) in [5, 5.41) is 12.9. The van der Waals surface area contributed by atoms with E-state index in [1.54, 1.807) is 10.3 Å². The molecule has 0 atom stereocenters. The van der Waals surface area contributed by atoms with E-state index in [0.717, 1.165) is 27.2 Å². The molecule has 8 nitrogen and oxygen atoms in total. The largest absolute Gasteiger partial charge is 0.369 e. The van der Waals surface area contributed by atoms with Gasteiger partial charge in [0.15, 0.2) is 5.16 Å². The van der Waals surface area contributed by atoms with Crippen LogP contribution >= 0.6 is 34.7 Å². The molecule has 4 aromatic rings. The number of hydrogen-bond acceptors (Lipinski definition) is 7. The summed E-state index contributed by atoms with van der Waals surface area (Å²) >= 11 is 9.25. The van der Waals surface area contributed by atoms with Gasteiger partial charge in [0.1, 0.15) is 16.5 Å². The van der Waals surface area contributed by atoms with Crippen LogP contribution in [0, 0.1) is 5.92 Å². The van der Waals surface area contributed by atoms with Crippen LogP contribution in [-0.2, 0) is 17.0 Å². The predicted octanol–water partition coefficient (Wildman–Crippen LogP) is 4.60. The minimum atomic E-state index is -0.294. The van der Waals surface area contributed by atoms with E-state index in [1.165, 1.54) is 23.1 Å². The molecule has 0 radical (unpaired) electrons. The van der Waals surface area contributed by atoms with E-state index < -0.39 is 0 Å². The Balaban J connectivity index is 1.30. The molecule has 1 aliphatic rings. The van der Waals surface area contributed by atoms with Gasteiger partial charge in [-0.05, 0) is 36.6 Å². The topological polar surface area (TPSA) is 107 Å². The molecule has 1 saturated heterocycles. The summed E-state index contributed by atoms with van der Waals surface area (Å²) in [5.41, 5.74) is 7.86. The zero-order chi connectivity index (χ0) is 25.8. The van der Waals surface area contributed by atoms with Gasteiger partial charge in [-0.1, -0.05) is 59.8 Å². The molecule has 37 heavy (non-hydrogen) atoms. The van der Waals surface area contributed by atoms with Crippen LogP contribution < -0.4 is 5.73 Å². The molecule has 2 aromatic heterocycles. The monoisotopic (exact) mass is 552 g/mol. The van der Waals surface area contributed by atoms with E-state index in [4.69, 9.17) is 17.3 Å². The highest BCUT2D eigenvalue weighted by Crippen LogP contribution is 2.29. The van der Waals surface area contributed by atoms with E-state index in [0.29, 0.717) is 48.8 Å². The second-order valence-electron chi connectivity index (χ2n) is 8.76. The number of thiazole rings is 1. The Labute approximate surface area is 227 Å². The summed E-state index contributed by atoms with van der Waals surface area (Å²) in [4.78, 5) is 30.7. The molecule has 11 heteroatoms. The van der Waals surface area contributed by atoms with Gasteiger partial charge in [0.25, 0.3) is 5.91 Å². The normalized spacial score (nSPS) is 14.1. The van der Waals surface area contributed by atoms with Crippen molar-refractivity contribution in [1.29, 1.82) is 0 Å². The van der Waals surface area contributed by atoms with Crippen LogP contribution in [0.5, 0.6) is 0 Å². The first-order valence-corrected chi connectivity index (χ1v) is 14.1. The third-order valence-corrected chi connectivity index (χ3v) is 8.46. The van der Waals surface area contributed by atoms with Crippen molar-refractivity contribution in [3.63, 3.8) is 0 Å². The lowest BCUT2D eigenvalue weighted by Gasteiger charge is -2.30. The maximum Gasteiger partial charge on any atom is 0.273 e. The van der Waals surface area contributed by atoms with Gasteiger partial charge < -0.3 is 10.6 Å². The molecule has 1 fully saturated rings. The van der Waals surface area contributed by atoms with E-state index in [1.807, 2.05) is 47.0 Å². The average molecular weight is 553 g/mol. The Bertz CT molecular complexity index is 1400. The molecular formula is C26H25ClN6O2S2. The minimum Gasteiger partial charge on any atom is -0.369 e. The highest BCUT2D eigenvalue weighted by molar-refractivity contribution is 7.98. The quantitative estimate of drug-likeness (QED) is 0.320. The van der Waals surface area contributed by atoms with Crippen LogP contribution in [0.15, 0.2) is 65.1 Å². The molecule has 3 heterocycles. The Kier molecular flexibility index (Phi) is 7.87. The third-order valence-electron chi connectivity index (χ3n) is 6.25. The number of hydrogen-bond donors (Lipinski definition) is 1. The van der Waals surface area contributed by atoms with Crippen molar-refractivity contribution in [2.45, 2.75) is 30.2 Å². The minimum absolute atomic E-state index is 0.109. The van der Waals surface area contributed by atoms with Crippen molar-refractivity contribution in [3.05, 3.63) is 87.1 Å². The van der Waals surface area contributed by atoms with Gasteiger partial charge >= 0.3 is 0 Å². The van der Waals surface area contributed by atoms with Crippen molar-refractivity contribution in [2.75, 3.05) is 13.1 Å². The smallest absolute Gasteiger partial charge is 0.273 e. The Morgan fingerprint density at radius 2 is 1.86 bits per heavy atom. The van der Waals surface area contributed by atoms with Gasteiger partial charge in [-0.2, -0.15) is 0 Å². The number of primary amides is 1. The Hall–Kier alpha value is -3.21. The lowest BCUT2D eigenvalue weighted by Crippen LogP contribution is -2.41. The SMILES string of the molecule is NC(=O)C1CCN(C(=O)c2csc(CSc3nnc(Cc4ccccc4)n3-c3cccc(Cl)c3)n2)CC1. The van der Waals surface area contributed by atoms with E-state index in [-0.39, 0.29) is 17.7 Å². The molecule has 0 spiro atoms. The van der Waals surface area contributed by atoms with Crippen LogP contribution in [-0.4, -0.2) is 49.6 Å². The third kappa shape index (κ3) is 6.03. The fraction of sp³-hybridized carbons (Fsp3) is 0.269. The average Bonchev–Trinajstić information content (AvgIpc) is 3.55. The second kappa shape index (κ2) is 11.5. The number of nitrogens with zero attached hydrogens (tertiary/aromatic N) is 5. The molecule has 0 bridgehead atoms. The number of halogens is 1. The molecule has 2 aromatic carbocycles. The second-order valence-corrected chi connectivity index (χ2v) is 11.1. The van der Waals surface area contributed by atoms with Gasteiger partial charge in [-0.3, -0.25) is 14.2 Å². The Morgan fingerprint density at radius 1 is 1.08 bits per heavy atom. The number of likely N-dealkylation sites (tertiary alicyclic amines) is 1. The van der Waals surface area contributed by atoms with Crippen LogP contribution in [0.25, 0.3) is 5.69 Å². The summed E-state index contributed by atoms with van der Waals surface area (Å²) in [7, 11) is 0. The maximum absolute atomic E-state index is 12.9. The Morgan fingerprint density at radius 3 is 2.59 bits per heavy atom. The van der Waals surface area contributed by atoms with Crippen LogP contribution in [0.1, 0.15) is 39.7 Å². The maximum atomic E-state index is 12.9. The van der Waals surface area contributed by atoms with Crippen molar-refractivity contribution < 1.29 is 9.59 Å². The lowest BCUT2D eigenvalue weighted by molar-refractivity contribution is -0.123. The zero-order valence-corrected chi connectivity index (χ0v) is 22.3. The standard InChI is InChI=1S/C26H25ClN6O2S2/c27-19-7-4-8-20(14-19)33-22(13-17-5-2-1-3-6-17)30-31-26(33)37-16-23-29-21(15-36-23)25(35)32-11-9-18(10-12-32)24(28)34/h1-8,14-15,18H,9-13,16H2,(H2,28,34). The van der Waals surface area contributed by atoms with Crippen molar-refractivity contribution in [1.82, 2.24) is 24.6 Å². The first kappa shape index (κ1) is 25.4. The van der Waals surface area contributed by atoms with Crippen molar-refractivity contribution in [2.24, 2.45) is 11.7 Å². The summed E-state index contributed by atoms with van der Waals surface area (Å²) in [5.74, 6) is 0.798. The zero-order valence-electron chi connectivity index (χ0n) is 19.9. The van der Waals surface area contributed by atoms with Crippen LogP contribution in [0.2, 0.25) is 5.02 Å². The van der Waals surface area contributed by atoms with E-state index in [2.05, 4.69) is 27.3 Å². The van der Waals surface area contributed by atoms with Crippen molar-refractivity contribution in [3.8, 4) is 5.69 Å². The van der Waals surface area contributed by atoms with Gasteiger partial charge in [-0.25, -0.2) is 4.98 Å². The van der Waals surface area contributed by atoms with Gasteiger partial charge in [-0.15, -0.1) is 21.5 Å². The molecule has 5 rings (SSSR count). The van der Waals surface area contributed by atoms with Crippen LogP contribution in [0.3, 0.4) is 0 Å². The van der Waals surface area contributed by atoms with Crippen LogP contribution in [0.4, 0.5) is 0 Å². The molecule has 0 aliphatic carbocycles. The summed E-state index contributed by atoms with van der Waals surface area (Å²) in [6, 6.07) is 17.7. The van der Waals surface area contributed by atoms with E-state index in [9.17, 15) is 9.59 Å². The summed E-state index contributed by atoms with van der Waals surface area (Å²) in [6.07, 6.45) is 1.82. The summed E-state index contributed by atoms with van der Waals surface area (Å²) < 4.78 is 2.02. The number of benzene rings is 2. The lowest BCUT2D eigenvalue weighted by atomic mass is 9.96. The number of amides is 2. The first-order valence-electron chi connectivity index (χ1n) is 11.9. The van der Waals surface area contributed by atoms with Gasteiger partial charge in [0.05, 0.1) is 11.4 Å². The summed E-state index contributed by atoms with van der Waals surface area (Å²) in [6.45, 7) is 1.03. The highest BCUT2D eigenvalue weighted by Gasteiger charge is 2.27. The predicted molar refractivity (Wildman–Crippen MR) is 145 cm³/mol. The van der Waals surface area contributed by atoms with Gasteiger partial charge in [0.2, 0.25) is 5.91 Å². The molecule has 1 aliphatic heterocycles. The molecular weight excluding hydrogens is 528 g/mol. The molecule has 0 unspecified atom stereocenters. The van der Waals surface area contributed by atoms with Crippen molar-refractivity contribution >= 4 is 46.5 Å².